The number of hydrogen-bond acceptors (Lipinski definition) is 2. The minimum absolute atomic E-state index is 0.261. The number of benzene rings is 2. The van der Waals surface area contributed by atoms with Crippen LogP contribution >= 0.6 is 11.6 Å². The summed E-state index contributed by atoms with van der Waals surface area (Å²) >= 11 is 6.05. The lowest BCUT2D eigenvalue weighted by atomic mass is 10.1. The number of rotatable bonds is 5. The van der Waals surface area contributed by atoms with Gasteiger partial charge in [-0.3, -0.25) is 0 Å². The number of aromatic carboxylic acids is 1. The van der Waals surface area contributed by atoms with Crippen LogP contribution in [-0.2, 0) is 13.0 Å². The molecule has 20 heavy (non-hydrogen) atoms. The molecule has 0 amide bonds. The SMILES string of the molecule is CCc1cc(OCc2cccc(C(=O)O)c2)ccc1Cl. The Hall–Kier alpha value is -2.00. The Bertz CT molecular complexity index is 623. The van der Waals surface area contributed by atoms with Crippen molar-refractivity contribution in [2.45, 2.75) is 20.0 Å². The summed E-state index contributed by atoms with van der Waals surface area (Å²) in [6.07, 6.45) is 0.838. The lowest BCUT2D eigenvalue weighted by Gasteiger charge is -2.09. The van der Waals surface area contributed by atoms with Crippen LogP contribution in [0, 0.1) is 0 Å². The van der Waals surface area contributed by atoms with E-state index in [9.17, 15) is 4.79 Å². The summed E-state index contributed by atoms with van der Waals surface area (Å²) in [7, 11) is 0. The summed E-state index contributed by atoms with van der Waals surface area (Å²) in [5.41, 5.74) is 2.11. The first-order valence-electron chi connectivity index (χ1n) is 6.33. The number of carbonyl (C=O) groups is 1. The van der Waals surface area contributed by atoms with E-state index < -0.39 is 5.97 Å². The first-order chi connectivity index (χ1) is 9.60. The summed E-state index contributed by atoms with van der Waals surface area (Å²) in [6, 6.07) is 12.2. The van der Waals surface area contributed by atoms with E-state index in [1.807, 2.05) is 31.2 Å². The molecule has 3 nitrogen and oxygen atoms in total. The largest absolute Gasteiger partial charge is 0.489 e. The van der Waals surface area contributed by atoms with Gasteiger partial charge in [-0.1, -0.05) is 30.7 Å². The second kappa shape index (κ2) is 6.44. The lowest BCUT2D eigenvalue weighted by molar-refractivity contribution is 0.0696. The normalized spacial score (nSPS) is 10.3. The highest BCUT2D eigenvalue weighted by molar-refractivity contribution is 6.31. The van der Waals surface area contributed by atoms with Gasteiger partial charge >= 0.3 is 5.97 Å². The Labute approximate surface area is 122 Å². The topological polar surface area (TPSA) is 46.5 Å². The third-order valence-corrected chi connectivity index (χ3v) is 3.35. The van der Waals surface area contributed by atoms with Gasteiger partial charge in [0.2, 0.25) is 0 Å². The Morgan fingerprint density at radius 3 is 2.75 bits per heavy atom. The number of halogens is 1. The average Bonchev–Trinajstić information content (AvgIpc) is 2.46. The van der Waals surface area contributed by atoms with Crippen molar-refractivity contribution in [2.75, 3.05) is 0 Å². The minimum Gasteiger partial charge on any atom is -0.489 e. The Morgan fingerprint density at radius 2 is 2.05 bits per heavy atom. The van der Waals surface area contributed by atoms with Crippen LogP contribution < -0.4 is 4.74 Å². The van der Waals surface area contributed by atoms with E-state index in [0.29, 0.717) is 6.61 Å². The average molecular weight is 291 g/mol. The predicted octanol–water partition coefficient (Wildman–Crippen LogP) is 4.18. The second-order valence-corrected chi connectivity index (χ2v) is 4.81. The Morgan fingerprint density at radius 1 is 1.25 bits per heavy atom. The monoisotopic (exact) mass is 290 g/mol. The minimum atomic E-state index is -0.938. The van der Waals surface area contributed by atoms with Gasteiger partial charge in [0.1, 0.15) is 12.4 Å². The van der Waals surface area contributed by atoms with Gasteiger partial charge in [0, 0.05) is 5.02 Å². The summed E-state index contributed by atoms with van der Waals surface area (Å²) in [5.74, 6) is -0.210. The van der Waals surface area contributed by atoms with Gasteiger partial charge in [-0.15, -0.1) is 0 Å². The molecule has 4 heteroatoms. The lowest BCUT2D eigenvalue weighted by Crippen LogP contribution is -2.00. The molecule has 0 atom stereocenters. The number of carboxylic acid groups (broad SMARTS) is 1. The van der Waals surface area contributed by atoms with E-state index in [2.05, 4.69) is 0 Å². The Kier molecular flexibility index (Phi) is 4.64. The van der Waals surface area contributed by atoms with Crippen molar-refractivity contribution in [2.24, 2.45) is 0 Å². The van der Waals surface area contributed by atoms with Crippen molar-refractivity contribution in [1.82, 2.24) is 0 Å². The highest BCUT2D eigenvalue weighted by Gasteiger charge is 2.05. The highest BCUT2D eigenvalue weighted by atomic mass is 35.5. The molecule has 0 fully saturated rings. The molecular formula is C16H15ClO3. The molecule has 0 aliphatic rings. The standard InChI is InChI=1S/C16H15ClO3/c1-2-12-9-14(6-7-15(12)17)20-10-11-4-3-5-13(8-11)16(18)19/h3-9H,2,10H2,1H3,(H,18,19). The molecule has 0 aromatic heterocycles. The maximum absolute atomic E-state index is 10.9. The van der Waals surface area contributed by atoms with Crippen LogP contribution in [0.3, 0.4) is 0 Å². The second-order valence-electron chi connectivity index (χ2n) is 4.40. The zero-order valence-electron chi connectivity index (χ0n) is 11.1. The first kappa shape index (κ1) is 14.4. The van der Waals surface area contributed by atoms with Gasteiger partial charge in [0.05, 0.1) is 5.56 Å². The molecule has 2 aromatic rings. The molecule has 0 unspecified atom stereocenters. The zero-order chi connectivity index (χ0) is 14.5. The molecule has 0 aliphatic heterocycles. The smallest absolute Gasteiger partial charge is 0.335 e. The molecule has 1 N–H and O–H groups in total. The van der Waals surface area contributed by atoms with Crippen molar-refractivity contribution in [1.29, 1.82) is 0 Å². The molecular weight excluding hydrogens is 276 g/mol. The molecule has 0 bridgehead atoms. The Balaban J connectivity index is 2.08. The van der Waals surface area contributed by atoms with Crippen LogP contribution in [-0.4, -0.2) is 11.1 Å². The van der Waals surface area contributed by atoms with Crippen LogP contribution in [0.25, 0.3) is 0 Å². The summed E-state index contributed by atoms with van der Waals surface area (Å²) < 4.78 is 5.67. The molecule has 0 heterocycles. The molecule has 0 saturated heterocycles. The van der Waals surface area contributed by atoms with E-state index in [1.54, 1.807) is 18.2 Å². The number of aryl methyl sites for hydroxylation is 1. The molecule has 104 valence electrons. The summed E-state index contributed by atoms with van der Waals surface area (Å²) in [5, 5.41) is 9.67. The third kappa shape index (κ3) is 3.52. The van der Waals surface area contributed by atoms with Gasteiger partial charge in [0.15, 0.2) is 0 Å². The van der Waals surface area contributed by atoms with E-state index in [-0.39, 0.29) is 5.56 Å². The molecule has 2 rings (SSSR count). The van der Waals surface area contributed by atoms with E-state index >= 15 is 0 Å². The highest BCUT2D eigenvalue weighted by Crippen LogP contribution is 2.23. The van der Waals surface area contributed by atoms with Crippen LogP contribution in [0.2, 0.25) is 5.02 Å². The third-order valence-electron chi connectivity index (χ3n) is 2.98. The first-order valence-corrected chi connectivity index (χ1v) is 6.71. The van der Waals surface area contributed by atoms with Gasteiger partial charge in [-0.25, -0.2) is 4.79 Å². The number of ether oxygens (including phenoxy) is 1. The number of hydrogen-bond donors (Lipinski definition) is 1. The summed E-state index contributed by atoms with van der Waals surface area (Å²) in [6.45, 7) is 2.35. The quantitative estimate of drug-likeness (QED) is 0.898. The predicted molar refractivity (Wildman–Crippen MR) is 78.6 cm³/mol. The summed E-state index contributed by atoms with van der Waals surface area (Å²) in [4.78, 5) is 10.9. The van der Waals surface area contributed by atoms with Crippen molar-refractivity contribution < 1.29 is 14.6 Å². The number of carboxylic acids is 1. The van der Waals surface area contributed by atoms with Crippen molar-refractivity contribution >= 4 is 17.6 Å². The van der Waals surface area contributed by atoms with Gasteiger partial charge in [-0.2, -0.15) is 0 Å². The molecule has 0 spiro atoms. The molecule has 0 radical (unpaired) electrons. The van der Waals surface area contributed by atoms with E-state index in [4.69, 9.17) is 21.4 Å². The fraction of sp³-hybridized carbons (Fsp3) is 0.188. The molecule has 0 aliphatic carbocycles. The maximum Gasteiger partial charge on any atom is 0.335 e. The van der Waals surface area contributed by atoms with Gasteiger partial charge < -0.3 is 9.84 Å². The van der Waals surface area contributed by atoms with Crippen molar-refractivity contribution in [3.63, 3.8) is 0 Å². The van der Waals surface area contributed by atoms with Gasteiger partial charge in [-0.05, 0) is 47.9 Å². The fourth-order valence-electron chi connectivity index (χ4n) is 1.87. The van der Waals surface area contributed by atoms with Crippen molar-refractivity contribution in [3.8, 4) is 5.75 Å². The van der Waals surface area contributed by atoms with Crippen LogP contribution in [0.1, 0.15) is 28.4 Å². The van der Waals surface area contributed by atoms with Gasteiger partial charge in [0.25, 0.3) is 0 Å². The zero-order valence-corrected chi connectivity index (χ0v) is 11.9. The molecule has 0 saturated carbocycles. The fourth-order valence-corrected chi connectivity index (χ4v) is 2.12. The van der Waals surface area contributed by atoms with E-state index in [0.717, 1.165) is 28.3 Å². The van der Waals surface area contributed by atoms with Crippen LogP contribution in [0.15, 0.2) is 42.5 Å². The van der Waals surface area contributed by atoms with Crippen LogP contribution in [0.5, 0.6) is 5.75 Å². The molecule has 2 aromatic carbocycles. The van der Waals surface area contributed by atoms with Crippen LogP contribution in [0.4, 0.5) is 0 Å². The van der Waals surface area contributed by atoms with E-state index in [1.165, 1.54) is 0 Å². The maximum atomic E-state index is 10.9. The van der Waals surface area contributed by atoms with Crippen molar-refractivity contribution in [3.05, 3.63) is 64.2 Å².